The largest absolute Gasteiger partial charge is 0.382 e. The van der Waals surface area contributed by atoms with Crippen LogP contribution in [0.2, 0.25) is 0 Å². The van der Waals surface area contributed by atoms with Crippen molar-refractivity contribution in [1.29, 1.82) is 0 Å². The van der Waals surface area contributed by atoms with Crippen molar-refractivity contribution in [3.63, 3.8) is 0 Å². The summed E-state index contributed by atoms with van der Waals surface area (Å²) in [6, 6.07) is 5.91. The number of piperidine rings is 1. The number of likely N-dealkylation sites (tertiary alicyclic amines) is 1. The molecule has 1 atom stereocenters. The smallest absolute Gasteiger partial charge is 0.253 e. The third-order valence-corrected chi connectivity index (χ3v) is 4.52. The number of ether oxygens (including phenoxy) is 1. The van der Waals surface area contributed by atoms with E-state index in [1.165, 1.54) is 0 Å². The summed E-state index contributed by atoms with van der Waals surface area (Å²) in [7, 11) is 0. The van der Waals surface area contributed by atoms with Gasteiger partial charge in [-0.15, -0.1) is 0 Å². The molecule has 2 amide bonds. The minimum atomic E-state index is -0.115. The molecule has 5 heteroatoms. The Labute approximate surface area is 150 Å². The number of amides is 2. The van der Waals surface area contributed by atoms with Crippen LogP contribution in [0.25, 0.3) is 0 Å². The second kappa shape index (κ2) is 9.56. The van der Waals surface area contributed by atoms with E-state index in [4.69, 9.17) is 4.74 Å². The van der Waals surface area contributed by atoms with Gasteiger partial charge in [0, 0.05) is 38.4 Å². The van der Waals surface area contributed by atoms with Crippen molar-refractivity contribution in [2.24, 2.45) is 5.92 Å². The summed E-state index contributed by atoms with van der Waals surface area (Å²) in [4.78, 5) is 27.0. The van der Waals surface area contributed by atoms with E-state index in [-0.39, 0.29) is 17.7 Å². The van der Waals surface area contributed by atoms with Crippen molar-refractivity contribution in [3.05, 3.63) is 34.9 Å². The Morgan fingerprint density at radius 2 is 1.96 bits per heavy atom. The molecule has 0 aliphatic carbocycles. The number of carbonyl (C=O) groups is 2. The highest BCUT2D eigenvalue weighted by Crippen LogP contribution is 2.20. The van der Waals surface area contributed by atoms with E-state index in [0.717, 1.165) is 42.5 Å². The summed E-state index contributed by atoms with van der Waals surface area (Å²) >= 11 is 0. The van der Waals surface area contributed by atoms with E-state index >= 15 is 0 Å². The standard InChI is InChI=1S/C20H30N2O3/c1-4-25-10-6-8-21-19(23)17-7-5-9-22(14-17)20(24)18-12-15(2)11-16(3)13-18/h11-13,17H,4-10,14H2,1-3H3,(H,21,23). The molecule has 0 spiro atoms. The summed E-state index contributed by atoms with van der Waals surface area (Å²) < 4.78 is 5.27. The number of carbonyl (C=O) groups excluding carboxylic acids is 2. The fourth-order valence-corrected chi connectivity index (χ4v) is 3.33. The molecule has 0 bridgehead atoms. The van der Waals surface area contributed by atoms with Crippen molar-refractivity contribution in [3.8, 4) is 0 Å². The Bertz CT molecular complexity index is 580. The van der Waals surface area contributed by atoms with Crippen molar-refractivity contribution in [2.45, 2.75) is 40.0 Å². The molecule has 0 radical (unpaired) electrons. The Balaban J connectivity index is 1.89. The molecule has 1 aromatic carbocycles. The van der Waals surface area contributed by atoms with Gasteiger partial charge in [0.15, 0.2) is 0 Å². The average Bonchev–Trinajstić information content (AvgIpc) is 2.60. The molecular weight excluding hydrogens is 316 g/mol. The van der Waals surface area contributed by atoms with Crippen molar-refractivity contribution < 1.29 is 14.3 Å². The van der Waals surface area contributed by atoms with Gasteiger partial charge >= 0.3 is 0 Å². The van der Waals surface area contributed by atoms with Crippen molar-refractivity contribution >= 4 is 11.8 Å². The highest BCUT2D eigenvalue weighted by molar-refractivity contribution is 5.95. The van der Waals surface area contributed by atoms with Gasteiger partial charge in [-0.25, -0.2) is 0 Å². The molecular formula is C20H30N2O3. The molecule has 1 aliphatic rings. The topological polar surface area (TPSA) is 58.6 Å². The zero-order chi connectivity index (χ0) is 18.2. The second-order valence-corrected chi connectivity index (χ2v) is 6.81. The number of hydrogen-bond donors (Lipinski definition) is 1. The number of nitrogens with zero attached hydrogens (tertiary/aromatic N) is 1. The molecule has 1 heterocycles. The fraction of sp³-hybridized carbons (Fsp3) is 0.600. The zero-order valence-electron chi connectivity index (χ0n) is 15.6. The van der Waals surface area contributed by atoms with Crippen LogP contribution in [0.5, 0.6) is 0 Å². The Morgan fingerprint density at radius 1 is 1.24 bits per heavy atom. The van der Waals surface area contributed by atoms with Crippen molar-refractivity contribution in [2.75, 3.05) is 32.8 Å². The summed E-state index contributed by atoms with van der Waals surface area (Å²) in [5, 5.41) is 2.97. The number of benzene rings is 1. The van der Waals surface area contributed by atoms with Crippen LogP contribution in [0.3, 0.4) is 0 Å². The molecule has 1 N–H and O–H groups in total. The predicted octanol–water partition coefficient (Wildman–Crippen LogP) is 2.70. The molecule has 5 nitrogen and oxygen atoms in total. The van der Waals surface area contributed by atoms with E-state index in [1.807, 2.05) is 37.8 Å². The normalized spacial score (nSPS) is 17.4. The maximum Gasteiger partial charge on any atom is 0.253 e. The highest BCUT2D eigenvalue weighted by Gasteiger charge is 2.28. The Morgan fingerprint density at radius 3 is 2.64 bits per heavy atom. The van der Waals surface area contributed by atoms with E-state index in [9.17, 15) is 9.59 Å². The minimum Gasteiger partial charge on any atom is -0.382 e. The van der Waals surface area contributed by atoms with E-state index < -0.39 is 0 Å². The molecule has 0 saturated carbocycles. The van der Waals surface area contributed by atoms with Gasteiger partial charge in [0.05, 0.1) is 5.92 Å². The van der Waals surface area contributed by atoms with Crippen molar-refractivity contribution in [1.82, 2.24) is 10.2 Å². The average molecular weight is 346 g/mol. The Hall–Kier alpha value is -1.88. The van der Waals surface area contributed by atoms with Crippen LogP contribution in [0, 0.1) is 19.8 Å². The van der Waals surface area contributed by atoms with Crippen LogP contribution in [-0.4, -0.2) is 49.6 Å². The first-order chi connectivity index (χ1) is 12.0. The lowest BCUT2D eigenvalue weighted by atomic mass is 9.96. The second-order valence-electron chi connectivity index (χ2n) is 6.81. The first-order valence-electron chi connectivity index (χ1n) is 9.24. The summed E-state index contributed by atoms with van der Waals surface area (Å²) in [5.74, 6) is -0.0363. The van der Waals surface area contributed by atoms with Gasteiger partial charge in [0.1, 0.15) is 0 Å². The number of rotatable bonds is 7. The third kappa shape index (κ3) is 5.85. The third-order valence-electron chi connectivity index (χ3n) is 4.52. The van der Waals surface area contributed by atoms with Crippen LogP contribution < -0.4 is 5.32 Å². The minimum absolute atomic E-state index is 0.0284. The lowest BCUT2D eigenvalue weighted by molar-refractivity contribution is -0.126. The molecule has 1 fully saturated rings. The number of hydrogen-bond acceptors (Lipinski definition) is 3. The highest BCUT2D eigenvalue weighted by atomic mass is 16.5. The van der Waals surface area contributed by atoms with E-state index in [2.05, 4.69) is 11.4 Å². The van der Waals surface area contributed by atoms with Gasteiger partial charge in [-0.05, 0) is 52.2 Å². The monoisotopic (exact) mass is 346 g/mol. The zero-order valence-corrected chi connectivity index (χ0v) is 15.6. The lowest BCUT2D eigenvalue weighted by Gasteiger charge is -2.32. The maximum absolute atomic E-state index is 12.8. The molecule has 1 aliphatic heterocycles. The Kier molecular flexibility index (Phi) is 7.44. The molecule has 0 aromatic heterocycles. The van der Waals surface area contributed by atoms with Gasteiger partial charge < -0.3 is 15.0 Å². The maximum atomic E-state index is 12.8. The SMILES string of the molecule is CCOCCCNC(=O)C1CCCN(C(=O)c2cc(C)cc(C)c2)C1. The first kappa shape index (κ1) is 19.4. The molecule has 1 aromatic rings. The molecule has 1 unspecified atom stereocenters. The predicted molar refractivity (Wildman–Crippen MR) is 98.7 cm³/mol. The van der Waals surface area contributed by atoms with Gasteiger partial charge in [0.25, 0.3) is 5.91 Å². The van der Waals surface area contributed by atoms with Gasteiger partial charge in [0.2, 0.25) is 5.91 Å². The summed E-state index contributed by atoms with van der Waals surface area (Å²) in [6.07, 6.45) is 2.53. The van der Waals surface area contributed by atoms with Crippen LogP contribution in [0.4, 0.5) is 0 Å². The van der Waals surface area contributed by atoms with Crippen LogP contribution in [0.15, 0.2) is 18.2 Å². The first-order valence-corrected chi connectivity index (χ1v) is 9.24. The van der Waals surface area contributed by atoms with Gasteiger partial charge in [-0.1, -0.05) is 17.2 Å². The molecule has 1 saturated heterocycles. The molecule has 2 rings (SSSR count). The van der Waals surface area contributed by atoms with E-state index in [1.54, 1.807) is 0 Å². The van der Waals surface area contributed by atoms with Crippen LogP contribution >= 0.6 is 0 Å². The number of nitrogens with one attached hydrogen (secondary N) is 1. The molecule has 25 heavy (non-hydrogen) atoms. The van der Waals surface area contributed by atoms with E-state index in [0.29, 0.717) is 26.3 Å². The van der Waals surface area contributed by atoms with Crippen LogP contribution in [0.1, 0.15) is 47.7 Å². The fourth-order valence-electron chi connectivity index (χ4n) is 3.33. The van der Waals surface area contributed by atoms with Crippen LogP contribution in [-0.2, 0) is 9.53 Å². The molecule has 138 valence electrons. The van der Waals surface area contributed by atoms with Gasteiger partial charge in [-0.3, -0.25) is 9.59 Å². The summed E-state index contributed by atoms with van der Waals surface area (Å²) in [6.45, 7) is 9.17. The number of aryl methyl sites for hydroxylation is 2. The van der Waals surface area contributed by atoms with Gasteiger partial charge in [-0.2, -0.15) is 0 Å². The lowest BCUT2D eigenvalue weighted by Crippen LogP contribution is -2.45. The quantitative estimate of drug-likeness (QED) is 0.772. The summed E-state index contributed by atoms with van der Waals surface area (Å²) in [5.41, 5.74) is 2.89.